The lowest BCUT2D eigenvalue weighted by Gasteiger charge is -2.43. The van der Waals surface area contributed by atoms with Crippen molar-refractivity contribution < 1.29 is 14.1 Å². The predicted octanol–water partition coefficient (Wildman–Crippen LogP) is 9.27. The second-order valence-corrected chi connectivity index (χ2v) is 14.2. The molecule has 0 spiro atoms. The van der Waals surface area contributed by atoms with E-state index in [1.807, 2.05) is 18.2 Å². The van der Waals surface area contributed by atoms with Crippen LogP contribution in [-0.4, -0.2) is 18.2 Å². The molecule has 4 rings (SSSR count). The molecule has 0 saturated heterocycles. The van der Waals surface area contributed by atoms with Gasteiger partial charge in [-0.25, -0.2) is 4.79 Å². The topological polar surface area (TPSA) is 35.5 Å². The number of rotatable bonds is 14. The summed E-state index contributed by atoms with van der Waals surface area (Å²) in [5.41, 5.74) is 1.22. The van der Waals surface area contributed by atoms with Crippen LogP contribution in [0.15, 0.2) is 103 Å². The van der Waals surface area contributed by atoms with Crippen molar-refractivity contribution >= 4 is 24.7 Å². The zero-order chi connectivity index (χ0) is 29.8. The Morgan fingerprint density at radius 1 is 0.881 bits per heavy atom. The summed E-state index contributed by atoms with van der Waals surface area (Å²) in [6.45, 7) is 9.11. The van der Waals surface area contributed by atoms with E-state index in [4.69, 9.17) is 9.26 Å². The zero-order valence-corrected chi connectivity index (χ0v) is 26.8. The van der Waals surface area contributed by atoms with Crippen LogP contribution in [0.1, 0.15) is 84.6 Å². The highest BCUT2D eigenvalue weighted by molar-refractivity contribution is 7.68. The Morgan fingerprint density at radius 3 is 2.07 bits per heavy atom. The van der Waals surface area contributed by atoms with Crippen LogP contribution in [0.4, 0.5) is 0 Å². The average Bonchev–Trinajstić information content (AvgIpc) is 3.01. The number of carbonyl (C=O) groups is 1. The molecule has 3 aromatic rings. The smallest absolute Gasteiger partial charge is 0.330 e. The van der Waals surface area contributed by atoms with E-state index in [1.165, 1.54) is 41.9 Å². The Bertz CT molecular complexity index is 1190. The molecule has 0 N–H and O–H groups in total. The minimum absolute atomic E-state index is 0.0812. The number of hydrogen-bond acceptors (Lipinski definition) is 3. The van der Waals surface area contributed by atoms with Crippen molar-refractivity contribution in [3.05, 3.63) is 109 Å². The molecule has 0 bridgehead atoms. The molecule has 0 aliphatic heterocycles. The van der Waals surface area contributed by atoms with Crippen LogP contribution in [0.5, 0.6) is 0 Å². The van der Waals surface area contributed by atoms with Crippen LogP contribution in [0.25, 0.3) is 0 Å². The van der Waals surface area contributed by atoms with Crippen molar-refractivity contribution in [1.29, 1.82) is 0 Å². The van der Waals surface area contributed by atoms with Crippen LogP contribution in [0.3, 0.4) is 0 Å². The second-order valence-electron chi connectivity index (χ2n) is 12.4. The van der Waals surface area contributed by atoms with Gasteiger partial charge in [0.1, 0.15) is 6.10 Å². The second kappa shape index (κ2) is 16.2. The zero-order valence-electron chi connectivity index (χ0n) is 26.0. The highest BCUT2D eigenvalue weighted by Crippen LogP contribution is 2.44. The van der Waals surface area contributed by atoms with Gasteiger partial charge in [-0.05, 0) is 42.2 Å². The SMILES string of the molecule is CCCCCC[C@@H](/C=C\C(=O)O[C@@H]1C[C@H](C)CC[C@H]1C(C)(C)c1ccccc1)OP(c1ccccc1)c1ccccc1. The van der Waals surface area contributed by atoms with Crippen molar-refractivity contribution in [3.8, 4) is 0 Å². The number of benzene rings is 3. The third kappa shape index (κ3) is 9.13. The van der Waals surface area contributed by atoms with Crippen LogP contribution in [-0.2, 0) is 19.5 Å². The summed E-state index contributed by atoms with van der Waals surface area (Å²) < 4.78 is 13.1. The Balaban J connectivity index is 1.51. The Kier molecular flexibility index (Phi) is 12.4. The van der Waals surface area contributed by atoms with Crippen LogP contribution in [0.2, 0.25) is 0 Å². The third-order valence-electron chi connectivity index (χ3n) is 8.78. The average molecular weight is 585 g/mol. The molecule has 0 unspecified atom stereocenters. The van der Waals surface area contributed by atoms with Gasteiger partial charge in [0.25, 0.3) is 0 Å². The first-order valence-electron chi connectivity index (χ1n) is 15.9. The van der Waals surface area contributed by atoms with E-state index < -0.39 is 8.15 Å². The largest absolute Gasteiger partial charge is 0.459 e. The number of esters is 1. The van der Waals surface area contributed by atoms with Crippen molar-refractivity contribution in [2.45, 2.75) is 96.7 Å². The summed E-state index contributed by atoms with van der Waals surface area (Å²) in [4.78, 5) is 13.4. The van der Waals surface area contributed by atoms with Gasteiger partial charge < -0.3 is 9.26 Å². The lowest BCUT2D eigenvalue weighted by molar-refractivity contribution is -0.150. The molecule has 1 aliphatic rings. The fourth-order valence-corrected chi connectivity index (χ4v) is 8.10. The monoisotopic (exact) mass is 584 g/mol. The normalized spacial score (nSPS) is 20.1. The first kappa shape index (κ1) is 32.2. The summed E-state index contributed by atoms with van der Waals surface area (Å²) >= 11 is 0. The fraction of sp³-hybridized carbons (Fsp3) is 0.447. The van der Waals surface area contributed by atoms with Gasteiger partial charge in [-0.3, -0.25) is 0 Å². The maximum absolute atomic E-state index is 13.4. The molecule has 3 aromatic carbocycles. The standard InChI is InChI=1S/C38H49O3P/c1-5-6-7-13-20-32(41-42(33-21-14-9-15-22-33)34-23-16-10-17-24-34)26-28-37(39)40-36-29-30(2)25-27-35(36)38(3,4)31-18-11-8-12-19-31/h8-12,14-19,21-24,26,28,30,32,35-36H,5-7,13,20,25,27,29H2,1-4H3/b28-26-/t30-,32+,35-,36-/m1/s1. The summed E-state index contributed by atoms with van der Waals surface area (Å²) in [6, 6.07) is 31.6. The van der Waals surface area contributed by atoms with Gasteiger partial charge >= 0.3 is 5.97 Å². The fourth-order valence-electron chi connectivity index (χ4n) is 6.23. The van der Waals surface area contributed by atoms with Gasteiger partial charge in [-0.2, -0.15) is 0 Å². The maximum Gasteiger partial charge on any atom is 0.330 e. The molecule has 224 valence electrons. The lowest BCUT2D eigenvalue weighted by atomic mass is 9.64. The molecule has 1 saturated carbocycles. The van der Waals surface area contributed by atoms with Gasteiger partial charge in [0.05, 0.1) is 14.3 Å². The van der Waals surface area contributed by atoms with Crippen molar-refractivity contribution in [1.82, 2.24) is 0 Å². The summed E-state index contributed by atoms with van der Waals surface area (Å²) in [5, 5.41) is 2.35. The highest BCUT2D eigenvalue weighted by atomic mass is 31.1. The molecule has 0 amide bonds. The first-order chi connectivity index (χ1) is 20.4. The minimum atomic E-state index is -1.02. The van der Waals surface area contributed by atoms with Crippen LogP contribution in [0, 0.1) is 11.8 Å². The third-order valence-corrected chi connectivity index (χ3v) is 10.8. The van der Waals surface area contributed by atoms with Crippen LogP contribution < -0.4 is 10.6 Å². The van der Waals surface area contributed by atoms with E-state index in [0.29, 0.717) is 5.92 Å². The van der Waals surface area contributed by atoms with Crippen molar-refractivity contribution in [2.24, 2.45) is 11.8 Å². The molecule has 0 radical (unpaired) electrons. The van der Waals surface area contributed by atoms with E-state index in [2.05, 4.69) is 107 Å². The molecule has 0 aromatic heterocycles. The van der Waals surface area contributed by atoms with Crippen molar-refractivity contribution in [3.63, 3.8) is 0 Å². The van der Waals surface area contributed by atoms with Gasteiger partial charge in [-0.15, -0.1) is 0 Å². The molecule has 4 heteroatoms. The Hall–Kier alpha value is -2.74. The van der Waals surface area contributed by atoms with Crippen molar-refractivity contribution in [2.75, 3.05) is 0 Å². The number of unbranched alkanes of at least 4 members (excludes halogenated alkanes) is 3. The molecule has 42 heavy (non-hydrogen) atoms. The van der Waals surface area contributed by atoms with E-state index in [1.54, 1.807) is 6.08 Å². The molecular formula is C38H49O3P. The van der Waals surface area contributed by atoms with Gasteiger partial charge in [0.15, 0.2) is 0 Å². The molecule has 0 heterocycles. The quantitative estimate of drug-likeness (QED) is 0.0820. The van der Waals surface area contributed by atoms with Gasteiger partial charge in [0, 0.05) is 22.6 Å². The summed E-state index contributed by atoms with van der Waals surface area (Å²) in [7, 11) is -1.02. The van der Waals surface area contributed by atoms with E-state index >= 15 is 0 Å². The highest BCUT2D eigenvalue weighted by Gasteiger charge is 2.41. The number of hydrogen-bond donors (Lipinski definition) is 0. The number of ether oxygens (including phenoxy) is 1. The maximum atomic E-state index is 13.4. The van der Waals surface area contributed by atoms with Crippen LogP contribution >= 0.6 is 8.15 Å². The molecule has 3 nitrogen and oxygen atoms in total. The van der Waals surface area contributed by atoms with E-state index in [-0.39, 0.29) is 29.5 Å². The first-order valence-corrected chi connectivity index (χ1v) is 17.2. The number of carbonyl (C=O) groups excluding carboxylic acids is 1. The molecule has 1 fully saturated rings. The summed E-state index contributed by atoms with van der Waals surface area (Å²) in [6.07, 6.45) is 12.0. The Labute approximate surface area is 255 Å². The molecule has 1 aliphatic carbocycles. The van der Waals surface area contributed by atoms with Gasteiger partial charge in [0.2, 0.25) is 0 Å². The summed E-state index contributed by atoms with van der Waals surface area (Å²) in [5.74, 6) is 0.567. The minimum Gasteiger partial charge on any atom is -0.459 e. The lowest BCUT2D eigenvalue weighted by Crippen LogP contribution is -2.43. The molecular weight excluding hydrogens is 535 g/mol. The van der Waals surface area contributed by atoms with Gasteiger partial charge in [-0.1, -0.05) is 151 Å². The molecule has 4 atom stereocenters. The van der Waals surface area contributed by atoms with E-state index in [9.17, 15) is 4.79 Å². The Morgan fingerprint density at radius 2 is 1.48 bits per heavy atom. The van der Waals surface area contributed by atoms with E-state index in [0.717, 1.165) is 25.7 Å². The predicted molar refractivity (Wildman–Crippen MR) is 178 cm³/mol.